The van der Waals surface area contributed by atoms with E-state index in [9.17, 15) is 15.0 Å². The van der Waals surface area contributed by atoms with Crippen molar-refractivity contribution >= 4 is 5.97 Å². The molecule has 0 saturated carbocycles. The zero-order valence-corrected chi connectivity index (χ0v) is 20.3. The van der Waals surface area contributed by atoms with Crippen molar-refractivity contribution in [1.29, 1.82) is 0 Å². The number of rotatable bonds is 5. The molecule has 2 N–H and O–H groups in total. The molecule has 0 spiro atoms. The first-order chi connectivity index (χ1) is 14.3. The van der Waals surface area contributed by atoms with Gasteiger partial charge in [-0.1, -0.05) is 59.1 Å². The van der Waals surface area contributed by atoms with Gasteiger partial charge in [0.1, 0.15) is 22.7 Å². The maximum Gasteiger partial charge on any atom is 0.339 e. The molecule has 30 heavy (non-hydrogen) atoms. The Balaban J connectivity index is 0.00000106. The molecule has 3 rings (SSSR count). The molecule has 1 aliphatic carbocycles. The monoisotopic (exact) mass is 418 g/mol. The standard InChI is InChI=1S/C22H30O4.2C2H6/c1-5-6-7-8-14-12-17-19(20(23)18(14)21(24)25)15-11-13(2)9-10-16(15)22(3,4)26-17;2*1-2/h11-12,15-16,23H,5-10H2,1-4H3,(H,24,25);2*1-2H3. The Morgan fingerprint density at radius 3 is 2.40 bits per heavy atom. The largest absolute Gasteiger partial charge is 0.507 e. The normalized spacial score (nSPS) is 20.7. The Morgan fingerprint density at radius 2 is 1.83 bits per heavy atom. The Labute approximate surface area is 183 Å². The summed E-state index contributed by atoms with van der Waals surface area (Å²) in [6.45, 7) is 16.4. The number of fused-ring (bicyclic) bond motifs is 3. The third kappa shape index (κ3) is 5.39. The minimum Gasteiger partial charge on any atom is -0.507 e. The third-order valence-corrected chi connectivity index (χ3v) is 5.99. The van der Waals surface area contributed by atoms with Crippen LogP contribution < -0.4 is 4.74 Å². The van der Waals surface area contributed by atoms with Gasteiger partial charge >= 0.3 is 5.97 Å². The fourth-order valence-corrected chi connectivity index (χ4v) is 4.61. The molecule has 2 aliphatic rings. The molecule has 4 heteroatoms. The van der Waals surface area contributed by atoms with Crippen molar-refractivity contribution in [3.05, 3.63) is 34.4 Å². The Bertz CT molecular complexity index is 746. The van der Waals surface area contributed by atoms with Crippen molar-refractivity contribution in [2.24, 2.45) is 5.92 Å². The highest BCUT2D eigenvalue weighted by Crippen LogP contribution is 2.54. The zero-order valence-electron chi connectivity index (χ0n) is 20.3. The lowest BCUT2D eigenvalue weighted by atomic mass is 9.67. The highest BCUT2D eigenvalue weighted by molar-refractivity contribution is 5.94. The second-order valence-corrected chi connectivity index (χ2v) is 8.32. The first-order valence-electron chi connectivity index (χ1n) is 11.7. The number of aryl methyl sites for hydroxylation is 1. The van der Waals surface area contributed by atoms with Crippen LogP contribution in [0, 0.1) is 5.92 Å². The number of unbranched alkanes of at least 4 members (excludes halogenated alkanes) is 2. The van der Waals surface area contributed by atoms with E-state index in [0.29, 0.717) is 23.3 Å². The number of carbonyl (C=O) groups is 1. The van der Waals surface area contributed by atoms with Gasteiger partial charge in [0.25, 0.3) is 0 Å². The van der Waals surface area contributed by atoms with Gasteiger partial charge in [0.15, 0.2) is 0 Å². The lowest BCUT2D eigenvalue weighted by Gasteiger charge is -2.46. The number of benzene rings is 1. The van der Waals surface area contributed by atoms with Crippen LogP contribution in [0.3, 0.4) is 0 Å². The Kier molecular flexibility index (Phi) is 9.93. The van der Waals surface area contributed by atoms with Gasteiger partial charge in [-0.05, 0) is 58.1 Å². The summed E-state index contributed by atoms with van der Waals surface area (Å²) < 4.78 is 6.30. The average Bonchev–Trinajstić information content (AvgIpc) is 2.70. The van der Waals surface area contributed by atoms with Crippen LogP contribution >= 0.6 is 0 Å². The van der Waals surface area contributed by atoms with Gasteiger partial charge in [-0.25, -0.2) is 4.79 Å². The SMILES string of the molecule is CC.CC.CCCCCc1cc2c(c(O)c1C(=O)O)C1C=C(C)CCC1C(C)(C)O2. The van der Waals surface area contributed by atoms with Crippen molar-refractivity contribution in [2.45, 2.75) is 105 Å². The van der Waals surface area contributed by atoms with Crippen LogP contribution in [0.1, 0.15) is 115 Å². The zero-order chi connectivity index (χ0) is 23.1. The van der Waals surface area contributed by atoms with Crippen molar-refractivity contribution in [2.75, 3.05) is 0 Å². The summed E-state index contributed by atoms with van der Waals surface area (Å²) in [5, 5.41) is 20.7. The van der Waals surface area contributed by atoms with E-state index in [-0.39, 0.29) is 28.7 Å². The van der Waals surface area contributed by atoms with Crippen LogP contribution in [0.4, 0.5) is 0 Å². The van der Waals surface area contributed by atoms with Crippen molar-refractivity contribution in [1.82, 2.24) is 0 Å². The number of hydrogen-bond acceptors (Lipinski definition) is 3. The molecule has 0 amide bonds. The highest BCUT2D eigenvalue weighted by atomic mass is 16.5. The quantitative estimate of drug-likeness (QED) is 0.384. The molecule has 0 aromatic heterocycles. The third-order valence-electron chi connectivity index (χ3n) is 5.99. The number of hydrogen-bond donors (Lipinski definition) is 2. The van der Waals surface area contributed by atoms with Gasteiger partial charge < -0.3 is 14.9 Å². The number of aromatic hydroxyl groups is 1. The second kappa shape index (κ2) is 11.4. The van der Waals surface area contributed by atoms with E-state index in [0.717, 1.165) is 32.1 Å². The molecule has 0 bridgehead atoms. The summed E-state index contributed by atoms with van der Waals surface area (Å²) in [6.07, 6.45) is 7.85. The van der Waals surface area contributed by atoms with E-state index in [2.05, 4.69) is 33.8 Å². The van der Waals surface area contributed by atoms with Crippen LogP contribution in [0.2, 0.25) is 0 Å². The molecule has 170 valence electrons. The maximum atomic E-state index is 11.9. The summed E-state index contributed by atoms with van der Waals surface area (Å²) in [5.41, 5.74) is 2.34. The molecule has 1 aromatic carbocycles. The molecular weight excluding hydrogens is 376 g/mol. The Hall–Kier alpha value is -1.97. The predicted octanol–water partition coefficient (Wildman–Crippen LogP) is 7.49. The fraction of sp³-hybridized carbons (Fsp3) is 0.654. The second-order valence-electron chi connectivity index (χ2n) is 8.32. The smallest absolute Gasteiger partial charge is 0.339 e. The van der Waals surface area contributed by atoms with E-state index >= 15 is 0 Å². The number of ether oxygens (including phenoxy) is 1. The van der Waals surface area contributed by atoms with Gasteiger partial charge in [0.2, 0.25) is 0 Å². The molecule has 1 aromatic rings. The maximum absolute atomic E-state index is 11.9. The van der Waals surface area contributed by atoms with E-state index in [1.165, 1.54) is 5.57 Å². The van der Waals surface area contributed by atoms with Crippen LogP contribution in [0.5, 0.6) is 11.5 Å². The molecular formula is C26H42O4. The van der Waals surface area contributed by atoms with Crippen molar-refractivity contribution in [3.8, 4) is 11.5 Å². The summed E-state index contributed by atoms with van der Waals surface area (Å²) in [4.78, 5) is 11.9. The molecule has 0 fully saturated rings. The molecule has 1 heterocycles. The number of allylic oxidation sites excluding steroid dienone is 2. The lowest BCUT2D eigenvalue weighted by molar-refractivity contribution is 0.0106. The fourth-order valence-electron chi connectivity index (χ4n) is 4.61. The van der Waals surface area contributed by atoms with Crippen molar-refractivity contribution < 1.29 is 19.7 Å². The van der Waals surface area contributed by atoms with E-state index in [4.69, 9.17) is 4.74 Å². The molecule has 0 saturated heterocycles. The number of carboxylic acids is 1. The van der Waals surface area contributed by atoms with E-state index in [1.807, 2.05) is 33.8 Å². The summed E-state index contributed by atoms with van der Waals surface area (Å²) in [5.74, 6) is -0.272. The topological polar surface area (TPSA) is 66.8 Å². The molecule has 4 nitrogen and oxygen atoms in total. The Morgan fingerprint density at radius 1 is 1.20 bits per heavy atom. The molecule has 1 aliphatic heterocycles. The van der Waals surface area contributed by atoms with Crippen LogP contribution in [0.25, 0.3) is 0 Å². The lowest BCUT2D eigenvalue weighted by Crippen LogP contribution is -2.45. The predicted molar refractivity (Wildman–Crippen MR) is 125 cm³/mol. The first-order valence-corrected chi connectivity index (χ1v) is 11.7. The van der Waals surface area contributed by atoms with E-state index in [1.54, 1.807) is 0 Å². The van der Waals surface area contributed by atoms with Crippen LogP contribution in [-0.2, 0) is 6.42 Å². The summed E-state index contributed by atoms with van der Waals surface area (Å²) >= 11 is 0. The number of phenols is 1. The number of aromatic carboxylic acids is 1. The summed E-state index contributed by atoms with van der Waals surface area (Å²) in [6, 6.07) is 1.86. The van der Waals surface area contributed by atoms with Gasteiger partial charge in [0, 0.05) is 17.4 Å². The van der Waals surface area contributed by atoms with Crippen LogP contribution in [0.15, 0.2) is 17.7 Å². The average molecular weight is 419 g/mol. The highest BCUT2D eigenvalue weighted by Gasteiger charge is 2.46. The summed E-state index contributed by atoms with van der Waals surface area (Å²) in [7, 11) is 0. The molecule has 2 atom stereocenters. The first kappa shape index (κ1) is 26.1. The minimum absolute atomic E-state index is 0.00490. The van der Waals surface area contributed by atoms with E-state index < -0.39 is 5.97 Å². The van der Waals surface area contributed by atoms with Gasteiger partial charge in [-0.2, -0.15) is 0 Å². The number of carboxylic acid groups (broad SMARTS) is 1. The van der Waals surface area contributed by atoms with Crippen molar-refractivity contribution in [3.63, 3.8) is 0 Å². The molecule has 2 unspecified atom stereocenters. The molecule has 0 radical (unpaired) electrons. The van der Waals surface area contributed by atoms with Crippen LogP contribution in [-0.4, -0.2) is 21.8 Å². The minimum atomic E-state index is -1.06. The van der Waals surface area contributed by atoms with Gasteiger partial charge in [0.05, 0.1) is 0 Å². The van der Waals surface area contributed by atoms with Gasteiger partial charge in [-0.3, -0.25) is 0 Å². The van der Waals surface area contributed by atoms with Gasteiger partial charge in [-0.15, -0.1) is 0 Å².